The summed E-state index contributed by atoms with van der Waals surface area (Å²) < 4.78 is 0. The van der Waals surface area contributed by atoms with Crippen LogP contribution < -0.4 is 0 Å². The maximum atomic E-state index is 11.3. The average molecular weight is 226 g/mol. The molecule has 16 heavy (non-hydrogen) atoms. The number of rotatable bonds is 8. The topological polar surface area (TPSA) is 37.3 Å². The molecule has 0 amide bonds. The SMILES string of the molecule is C=CC(C)(CCCCCC)C(C)(C)C(=O)O. The Labute approximate surface area is 99.7 Å². The Morgan fingerprint density at radius 3 is 2.19 bits per heavy atom. The maximum Gasteiger partial charge on any atom is 0.309 e. The van der Waals surface area contributed by atoms with Crippen molar-refractivity contribution < 1.29 is 9.90 Å². The summed E-state index contributed by atoms with van der Waals surface area (Å²) in [5.74, 6) is -0.745. The van der Waals surface area contributed by atoms with Crippen molar-refractivity contribution in [2.24, 2.45) is 10.8 Å². The number of allylic oxidation sites excluding steroid dienone is 1. The van der Waals surface area contributed by atoms with Gasteiger partial charge >= 0.3 is 5.97 Å². The van der Waals surface area contributed by atoms with Crippen LogP contribution in [0.5, 0.6) is 0 Å². The molecule has 0 bridgehead atoms. The summed E-state index contributed by atoms with van der Waals surface area (Å²) in [6.07, 6.45) is 7.39. The van der Waals surface area contributed by atoms with Gasteiger partial charge in [-0.05, 0) is 20.3 Å². The van der Waals surface area contributed by atoms with Crippen LogP contribution in [0.25, 0.3) is 0 Å². The van der Waals surface area contributed by atoms with E-state index in [1.54, 1.807) is 13.8 Å². The summed E-state index contributed by atoms with van der Waals surface area (Å²) in [4.78, 5) is 11.3. The van der Waals surface area contributed by atoms with Crippen molar-refractivity contribution in [1.29, 1.82) is 0 Å². The van der Waals surface area contributed by atoms with Crippen LogP contribution in [0.2, 0.25) is 0 Å². The first-order valence-corrected chi connectivity index (χ1v) is 6.19. The molecule has 0 aliphatic carbocycles. The molecular formula is C14H26O2. The van der Waals surface area contributed by atoms with Gasteiger partial charge in [0.1, 0.15) is 0 Å². The Hall–Kier alpha value is -0.790. The van der Waals surface area contributed by atoms with E-state index in [1.807, 2.05) is 13.0 Å². The van der Waals surface area contributed by atoms with Crippen LogP contribution in [0.4, 0.5) is 0 Å². The molecule has 0 aromatic heterocycles. The summed E-state index contributed by atoms with van der Waals surface area (Å²) in [6, 6.07) is 0. The van der Waals surface area contributed by atoms with Crippen molar-refractivity contribution in [3.63, 3.8) is 0 Å². The molecule has 0 aliphatic rings. The Balaban J connectivity index is 4.53. The highest BCUT2D eigenvalue weighted by Gasteiger charge is 2.44. The standard InChI is InChI=1S/C14H26O2/c1-6-8-9-10-11-14(5,7-2)13(3,4)12(15)16/h7H,2,6,8-11H2,1,3-5H3,(H,15,16). The van der Waals surface area contributed by atoms with Gasteiger partial charge in [0.2, 0.25) is 0 Å². The molecule has 94 valence electrons. The molecule has 0 aromatic carbocycles. The van der Waals surface area contributed by atoms with Crippen molar-refractivity contribution in [2.75, 3.05) is 0 Å². The number of carboxylic acid groups (broad SMARTS) is 1. The van der Waals surface area contributed by atoms with Crippen LogP contribution >= 0.6 is 0 Å². The van der Waals surface area contributed by atoms with Crippen LogP contribution in [-0.2, 0) is 4.79 Å². The number of unbranched alkanes of at least 4 members (excludes halogenated alkanes) is 3. The number of carbonyl (C=O) groups is 1. The predicted molar refractivity (Wildman–Crippen MR) is 68.5 cm³/mol. The first-order valence-electron chi connectivity index (χ1n) is 6.19. The molecule has 0 aliphatic heterocycles. The van der Waals surface area contributed by atoms with E-state index in [2.05, 4.69) is 13.5 Å². The highest BCUT2D eigenvalue weighted by atomic mass is 16.4. The van der Waals surface area contributed by atoms with E-state index < -0.39 is 11.4 Å². The molecule has 0 fully saturated rings. The molecule has 1 N–H and O–H groups in total. The first kappa shape index (κ1) is 15.2. The minimum Gasteiger partial charge on any atom is -0.481 e. The third-order valence-corrected chi connectivity index (χ3v) is 3.96. The minimum atomic E-state index is -0.749. The highest BCUT2D eigenvalue weighted by Crippen LogP contribution is 2.44. The second kappa shape index (κ2) is 6.07. The quantitative estimate of drug-likeness (QED) is 0.496. The van der Waals surface area contributed by atoms with Gasteiger partial charge in [-0.15, -0.1) is 6.58 Å². The summed E-state index contributed by atoms with van der Waals surface area (Å²) >= 11 is 0. The van der Waals surface area contributed by atoms with Crippen molar-refractivity contribution in [3.8, 4) is 0 Å². The lowest BCUT2D eigenvalue weighted by atomic mass is 9.64. The van der Waals surface area contributed by atoms with Gasteiger partial charge in [-0.1, -0.05) is 45.6 Å². The van der Waals surface area contributed by atoms with Gasteiger partial charge in [-0.2, -0.15) is 0 Å². The number of hydrogen-bond donors (Lipinski definition) is 1. The van der Waals surface area contributed by atoms with E-state index in [4.69, 9.17) is 0 Å². The van der Waals surface area contributed by atoms with E-state index in [0.717, 1.165) is 12.8 Å². The zero-order chi connectivity index (χ0) is 12.8. The summed E-state index contributed by atoms with van der Waals surface area (Å²) in [7, 11) is 0. The summed E-state index contributed by atoms with van der Waals surface area (Å²) in [5, 5.41) is 9.26. The molecule has 0 radical (unpaired) electrons. The van der Waals surface area contributed by atoms with Crippen molar-refractivity contribution in [3.05, 3.63) is 12.7 Å². The Kier molecular flexibility index (Phi) is 5.77. The van der Waals surface area contributed by atoms with Gasteiger partial charge in [0, 0.05) is 5.41 Å². The normalized spacial score (nSPS) is 15.5. The molecule has 2 nitrogen and oxygen atoms in total. The van der Waals surface area contributed by atoms with Crippen LogP contribution in [-0.4, -0.2) is 11.1 Å². The zero-order valence-electron chi connectivity index (χ0n) is 11.2. The molecule has 0 spiro atoms. The summed E-state index contributed by atoms with van der Waals surface area (Å²) in [5.41, 5.74) is -1.08. The monoisotopic (exact) mass is 226 g/mol. The predicted octanol–water partition coefficient (Wildman–Crippen LogP) is 4.26. The van der Waals surface area contributed by atoms with Gasteiger partial charge < -0.3 is 5.11 Å². The average Bonchev–Trinajstić information content (AvgIpc) is 2.23. The second-order valence-corrected chi connectivity index (χ2v) is 5.36. The van der Waals surface area contributed by atoms with Crippen molar-refractivity contribution >= 4 is 5.97 Å². The number of aliphatic carboxylic acids is 1. The van der Waals surface area contributed by atoms with Crippen LogP contribution in [0, 0.1) is 10.8 Å². The molecule has 0 saturated carbocycles. The van der Waals surface area contributed by atoms with E-state index in [9.17, 15) is 9.90 Å². The molecular weight excluding hydrogens is 200 g/mol. The molecule has 2 heteroatoms. The Morgan fingerprint density at radius 2 is 1.81 bits per heavy atom. The Bertz CT molecular complexity index is 243. The highest BCUT2D eigenvalue weighted by molar-refractivity contribution is 5.75. The number of carboxylic acids is 1. The molecule has 0 heterocycles. The van der Waals surface area contributed by atoms with E-state index >= 15 is 0 Å². The van der Waals surface area contributed by atoms with E-state index in [1.165, 1.54) is 19.3 Å². The smallest absolute Gasteiger partial charge is 0.309 e. The minimum absolute atomic E-state index is 0.327. The van der Waals surface area contributed by atoms with E-state index in [-0.39, 0.29) is 5.41 Å². The fourth-order valence-corrected chi connectivity index (χ4v) is 1.83. The lowest BCUT2D eigenvalue weighted by Gasteiger charge is -2.39. The van der Waals surface area contributed by atoms with Crippen LogP contribution in [0.15, 0.2) is 12.7 Å². The van der Waals surface area contributed by atoms with Gasteiger partial charge in [-0.25, -0.2) is 0 Å². The molecule has 0 saturated heterocycles. The fourth-order valence-electron chi connectivity index (χ4n) is 1.83. The fraction of sp³-hybridized carbons (Fsp3) is 0.786. The molecule has 1 unspecified atom stereocenters. The van der Waals surface area contributed by atoms with Gasteiger partial charge in [0.05, 0.1) is 5.41 Å². The third kappa shape index (κ3) is 3.36. The summed E-state index contributed by atoms with van der Waals surface area (Å²) in [6.45, 7) is 11.6. The van der Waals surface area contributed by atoms with Crippen LogP contribution in [0.1, 0.15) is 59.8 Å². The van der Waals surface area contributed by atoms with E-state index in [0.29, 0.717) is 0 Å². The first-order chi connectivity index (χ1) is 7.31. The third-order valence-electron chi connectivity index (χ3n) is 3.96. The van der Waals surface area contributed by atoms with Crippen LogP contribution in [0.3, 0.4) is 0 Å². The molecule has 0 aromatic rings. The van der Waals surface area contributed by atoms with Gasteiger partial charge in [0.15, 0.2) is 0 Å². The van der Waals surface area contributed by atoms with Crippen molar-refractivity contribution in [2.45, 2.75) is 59.8 Å². The van der Waals surface area contributed by atoms with Gasteiger partial charge in [0.25, 0.3) is 0 Å². The lowest BCUT2D eigenvalue weighted by molar-refractivity contribution is -0.152. The zero-order valence-corrected chi connectivity index (χ0v) is 11.2. The molecule has 0 rings (SSSR count). The second-order valence-electron chi connectivity index (χ2n) is 5.36. The number of hydrogen-bond acceptors (Lipinski definition) is 1. The van der Waals surface area contributed by atoms with Gasteiger partial charge in [-0.3, -0.25) is 4.79 Å². The van der Waals surface area contributed by atoms with Crippen molar-refractivity contribution in [1.82, 2.24) is 0 Å². The Morgan fingerprint density at radius 1 is 1.25 bits per heavy atom. The largest absolute Gasteiger partial charge is 0.481 e. The lowest BCUT2D eigenvalue weighted by Crippen LogP contribution is -2.40. The maximum absolute atomic E-state index is 11.3. The molecule has 1 atom stereocenters.